The molecule has 0 atom stereocenters. The zero-order valence-corrected chi connectivity index (χ0v) is 23.2. The predicted octanol–water partition coefficient (Wildman–Crippen LogP) is 5.43. The highest BCUT2D eigenvalue weighted by Crippen LogP contribution is 2.37. The first kappa shape index (κ1) is 28.8. The van der Waals surface area contributed by atoms with Crippen LogP contribution >= 0.6 is 0 Å². The Morgan fingerprint density at radius 3 is 2.67 bits per heavy atom. The lowest BCUT2D eigenvalue weighted by atomic mass is 10.1. The molecule has 2 N–H and O–H groups in total. The number of methoxy groups -OCH3 is 1. The third kappa shape index (κ3) is 7.71. The molecule has 4 aromatic rings. The number of fused-ring (bicyclic) bond motifs is 1. The fourth-order valence-electron chi connectivity index (χ4n) is 4.43. The maximum Gasteiger partial charge on any atom is 0.339 e. The van der Waals surface area contributed by atoms with Gasteiger partial charge in [-0.25, -0.2) is 14.6 Å². The highest BCUT2D eigenvalue weighted by atomic mass is 19.1. The minimum absolute atomic E-state index is 0.0158. The maximum atomic E-state index is 15.0. The van der Waals surface area contributed by atoms with Crippen molar-refractivity contribution >= 4 is 28.8 Å². The smallest absolute Gasteiger partial charge is 0.339 e. The zero-order chi connectivity index (χ0) is 29.1. The average molecular weight is 574 g/mol. The number of ether oxygens (including phenoxy) is 4. The molecule has 1 aromatic heterocycles. The summed E-state index contributed by atoms with van der Waals surface area (Å²) in [6, 6.07) is 18.0. The van der Waals surface area contributed by atoms with Crippen LogP contribution in [0.2, 0.25) is 0 Å². The Balaban J connectivity index is 1.21. The second kappa shape index (κ2) is 14.2. The third-order valence-electron chi connectivity index (χ3n) is 6.56. The lowest BCUT2D eigenvalue weighted by molar-refractivity contribution is 0.0357. The van der Waals surface area contributed by atoms with Gasteiger partial charge < -0.3 is 24.3 Å². The SMILES string of the molecule is COc1cc2c(Oc3ccc(NC(=O)N/N=C/c4ccccc4)cc3F)ccnc2cc1OCCCN1CCOCC1. The van der Waals surface area contributed by atoms with Crippen LogP contribution in [-0.4, -0.2) is 68.7 Å². The molecule has 10 nitrogen and oxygen atoms in total. The number of aromatic nitrogens is 1. The van der Waals surface area contributed by atoms with Gasteiger partial charge in [0.2, 0.25) is 0 Å². The van der Waals surface area contributed by atoms with E-state index in [4.69, 9.17) is 18.9 Å². The van der Waals surface area contributed by atoms with Crippen molar-refractivity contribution in [3.05, 3.63) is 84.3 Å². The Morgan fingerprint density at radius 1 is 1.05 bits per heavy atom. The van der Waals surface area contributed by atoms with E-state index in [0.717, 1.165) is 44.8 Å². The van der Waals surface area contributed by atoms with Crippen molar-refractivity contribution in [3.63, 3.8) is 0 Å². The molecule has 0 saturated carbocycles. The summed E-state index contributed by atoms with van der Waals surface area (Å²) in [7, 11) is 1.56. The van der Waals surface area contributed by atoms with Gasteiger partial charge in [0.15, 0.2) is 23.1 Å². The molecule has 42 heavy (non-hydrogen) atoms. The molecule has 1 saturated heterocycles. The second-order valence-corrected chi connectivity index (χ2v) is 9.47. The van der Waals surface area contributed by atoms with Gasteiger partial charge in [-0.15, -0.1) is 0 Å². The van der Waals surface area contributed by atoms with Crippen LogP contribution in [0.4, 0.5) is 14.9 Å². The molecule has 2 heterocycles. The quantitative estimate of drug-likeness (QED) is 0.140. The highest BCUT2D eigenvalue weighted by Gasteiger charge is 2.15. The topological polar surface area (TPSA) is 107 Å². The standard InChI is InChI=1S/C31H32FN5O5/c1-39-29-19-24-26(20-30(29)41-15-5-12-37-13-16-40-17-14-37)33-11-10-27(24)42-28-9-8-23(18-25(28)32)35-31(38)36-34-21-22-6-3-2-4-7-22/h2-4,6-11,18-21H,5,12-17H2,1H3,(H2,35,36,38)/b34-21+. The van der Waals surface area contributed by atoms with E-state index in [1.165, 1.54) is 24.4 Å². The minimum Gasteiger partial charge on any atom is -0.493 e. The number of nitrogens with zero attached hydrogens (tertiary/aromatic N) is 3. The second-order valence-electron chi connectivity index (χ2n) is 9.47. The van der Waals surface area contributed by atoms with Gasteiger partial charge >= 0.3 is 6.03 Å². The number of benzene rings is 3. The molecule has 218 valence electrons. The van der Waals surface area contributed by atoms with E-state index in [1.54, 1.807) is 31.5 Å². The van der Waals surface area contributed by atoms with E-state index in [2.05, 4.69) is 25.7 Å². The van der Waals surface area contributed by atoms with Crippen molar-refractivity contribution in [2.45, 2.75) is 6.42 Å². The number of carbonyl (C=O) groups excluding carboxylic acids is 1. The highest BCUT2D eigenvalue weighted by molar-refractivity contribution is 5.91. The zero-order valence-electron chi connectivity index (χ0n) is 23.2. The molecular formula is C31H32FN5O5. The molecule has 11 heteroatoms. The maximum absolute atomic E-state index is 15.0. The van der Waals surface area contributed by atoms with Crippen LogP contribution in [-0.2, 0) is 4.74 Å². The number of hydrogen-bond donors (Lipinski definition) is 2. The lowest BCUT2D eigenvalue weighted by Crippen LogP contribution is -2.37. The first-order valence-corrected chi connectivity index (χ1v) is 13.6. The summed E-state index contributed by atoms with van der Waals surface area (Å²) in [6.45, 7) is 4.86. The van der Waals surface area contributed by atoms with Crippen molar-refractivity contribution in [1.82, 2.24) is 15.3 Å². The van der Waals surface area contributed by atoms with E-state index in [1.807, 2.05) is 30.3 Å². The largest absolute Gasteiger partial charge is 0.493 e. The number of morpholine rings is 1. The molecule has 1 aliphatic heterocycles. The molecule has 0 unspecified atom stereocenters. The number of hydrogen-bond acceptors (Lipinski definition) is 8. The Bertz CT molecular complexity index is 1530. The first-order chi connectivity index (χ1) is 20.6. The van der Waals surface area contributed by atoms with Crippen LogP contribution < -0.4 is 25.0 Å². The Hall–Kier alpha value is -4.74. The Kier molecular flexibility index (Phi) is 9.76. The van der Waals surface area contributed by atoms with Crippen LogP contribution in [0, 0.1) is 5.82 Å². The summed E-state index contributed by atoms with van der Waals surface area (Å²) < 4.78 is 37.9. The number of amides is 2. The number of nitrogens with one attached hydrogen (secondary N) is 2. The summed E-state index contributed by atoms with van der Waals surface area (Å²) in [4.78, 5) is 18.9. The van der Waals surface area contributed by atoms with Crippen LogP contribution in [0.3, 0.4) is 0 Å². The number of rotatable bonds is 11. The number of pyridine rings is 1. The minimum atomic E-state index is -0.655. The van der Waals surface area contributed by atoms with Gasteiger partial charge in [-0.1, -0.05) is 30.3 Å². The number of carbonyl (C=O) groups is 1. The summed E-state index contributed by atoms with van der Waals surface area (Å²) >= 11 is 0. The molecule has 0 spiro atoms. The summed E-state index contributed by atoms with van der Waals surface area (Å²) in [5, 5.41) is 7.06. The molecule has 1 fully saturated rings. The lowest BCUT2D eigenvalue weighted by Gasteiger charge is -2.26. The molecule has 1 aliphatic rings. The monoisotopic (exact) mass is 573 g/mol. The van der Waals surface area contributed by atoms with E-state index in [0.29, 0.717) is 34.8 Å². The van der Waals surface area contributed by atoms with Crippen LogP contribution in [0.5, 0.6) is 23.0 Å². The first-order valence-electron chi connectivity index (χ1n) is 13.6. The number of urea groups is 1. The van der Waals surface area contributed by atoms with E-state index in [-0.39, 0.29) is 11.4 Å². The van der Waals surface area contributed by atoms with E-state index in [9.17, 15) is 9.18 Å². The molecule has 0 aliphatic carbocycles. The predicted molar refractivity (Wildman–Crippen MR) is 158 cm³/mol. The molecule has 3 aromatic carbocycles. The van der Waals surface area contributed by atoms with Gasteiger partial charge in [0.1, 0.15) is 5.75 Å². The van der Waals surface area contributed by atoms with Crippen LogP contribution in [0.1, 0.15) is 12.0 Å². The van der Waals surface area contributed by atoms with Gasteiger partial charge in [0.25, 0.3) is 0 Å². The van der Waals surface area contributed by atoms with Crippen LogP contribution in [0.15, 0.2) is 78.0 Å². The Morgan fingerprint density at radius 2 is 1.88 bits per heavy atom. The Labute approximate surface area is 243 Å². The van der Waals surface area contributed by atoms with Gasteiger partial charge in [-0.05, 0) is 36.2 Å². The van der Waals surface area contributed by atoms with E-state index < -0.39 is 11.8 Å². The number of hydrazone groups is 1. The normalized spacial score (nSPS) is 13.7. The van der Waals surface area contributed by atoms with Crippen molar-refractivity contribution < 1.29 is 28.1 Å². The van der Waals surface area contributed by atoms with Crippen molar-refractivity contribution in [3.8, 4) is 23.0 Å². The summed E-state index contributed by atoms with van der Waals surface area (Å²) in [5.74, 6) is 0.817. The molecular weight excluding hydrogens is 541 g/mol. The summed E-state index contributed by atoms with van der Waals surface area (Å²) in [5.41, 5.74) is 4.03. The van der Waals surface area contributed by atoms with Gasteiger partial charge in [0, 0.05) is 49.0 Å². The third-order valence-corrected chi connectivity index (χ3v) is 6.56. The van der Waals surface area contributed by atoms with Crippen molar-refractivity contribution in [2.24, 2.45) is 5.10 Å². The molecule has 5 rings (SSSR count). The van der Waals surface area contributed by atoms with Crippen LogP contribution in [0.25, 0.3) is 10.9 Å². The fourth-order valence-corrected chi connectivity index (χ4v) is 4.43. The van der Waals surface area contributed by atoms with Gasteiger partial charge in [-0.2, -0.15) is 5.10 Å². The number of halogens is 1. The molecule has 2 amide bonds. The molecule has 0 radical (unpaired) electrons. The van der Waals surface area contributed by atoms with E-state index >= 15 is 0 Å². The summed E-state index contributed by atoms with van der Waals surface area (Å²) in [6.07, 6.45) is 3.96. The van der Waals surface area contributed by atoms with Gasteiger partial charge in [0.05, 0.1) is 38.7 Å². The van der Waals surface area contributed by atoms with Crippen molar-refractivity contribution in [2.75, 3.05) is 51.9 Å². The van der Waals surface area contributed by atoms with Crippen molar-refractivity contribution in [1.29, 1.82) is 0 Å². The number of anilines is 1. The van der Waals surface area contributed by atoms with Gasteiger partial charge in [-0.3, -0.25) is 9.88 Å². The average Bonchev–Trinajstić information content (AvgIpc) is 3.01. The fraction of sp³-hybridized carbons (Fsp3) is 0.258. The molecule has 0 bridgehead atoms.